The maximum absolute atomic E-state index is 9.55. The monoisotopic (exact) mass is 140 g/mol. The smallest absolute Gasteiger partial charge is 0.0576 e. The largest absolute Gasteiger partial charge is 0.393 e. The van der Waals surface area contributed by atoms with Crippen LogP contribution in [0.3, 0.4) is 0 Å². The van der Waals surface area contributed by atoms with Gasteiger partial charge in [-0.2, -0.15) is 0 Å². The highest BCUT2D eigenvalue weighted by atomic mass is 16.3. The van der Waals surface area contributed by atoms with Crippen LogP contribution < -0.4 is 0 Å². The number of rotatable bonds is 0. The minimum atomic E-state index is 0.0220. The van der Waals surface area contributed by atoms with Crippen molar-refractivity contribution in [2.75, 3.05) is 0 Å². The van der Waals surface area contributed by atoms with Crippen molar-refractivity contribution in [3.63, 3.8) is 0 Å². The van der Waals surface area contributed by atoms with E-state index in [-0.39, 0.29) is 6.10 Å². The number of fused-ring (bicyclic) bond motifs is 2. The van der Waals surface area contributed by atoms with Gasteiger partial charge in [-0.15, -0.1) is 0 Å². The lowest BCUT2D eigenvalue weighted by Gasteiger charge is -2.24. The van der Waals surface area contributed by atoms with Crippen LogP contribution in [0.4, 0.5) is 0 Å². The van der Waals surface area contributed by atoms with Crippen LogP contribution in [0.25, 0.3) is 0 Å². The van der Waals surface area contributed by atoms with Crippen molar-refractivity contribution in [3.8, 4) is 0 Å². The lowest BCUT2D eigenvalue weighted by Crippen LogP contribution is -2.22. The van der Waals surface area contributed by atoms with Gasteiger partial charge in [0.15, 0.2) is 0 Å². The first-order valence-electron chi connectivity index (χ1n) is 4.30. The van der Waals surface area contributed by atoms with Crippen LogP contribution in [-0.2, 0) is 0 Å². The first-order valence-corrected chi connectivity index (χ1v) is 4.30. The van der Waals surface area contributed by atoms with E-state index in [1.54, 1.807) is 0 Å². The van der Waals surface area contributed by atoms with E-state index in [1.807, 2.05) is 0 Å². The fourth-order valence-corrected chi connectivity index (χ4v) is 2.99. The molecule has 1 heteroatoms. The molecule has 58 valence electrons. The van der Waals surface area contributed by atoms with Gasteiger partial charge in [-0.3, -0.25) is 0 Å². The third-order valence-electron chi connectivity index (χ3n) is 3.82. The van der Waals surface area contributed by atoms with E-state index in [2.05, 4.69) is 13.8 Å². The van der Waals surface area contributed by atoms with Crippen LogP contribution in [0.2, 0.25) is 0 Å². The summed E-state index contributed by atoms with van der Waals surface area (Å²) in [6.07, 6.45) is 3.71. The Morgan fingerprint density at radius 3 is 2.20 bits per heavy atom. The Morgan fingerprint density at radius 1 is 1.30 bits per heavy atom. The summed E-state index contributed by atoms with van der Waals surface area (Å²) in [7, 11) is 0. The van der Waals surface area contributed by atoms with Crippen molar-refractivity contribution < 1.29 is 5.11 Å². The molecule has 0 aromatic rings. The molecular formula is C9H16O. The molecule has 0 amide bonds. The van der Waals surface area contributed by atoms with Crippen molar-refractivity contribution in [2.45, 2.75) is 39.2 Å². The van der Waals surface area contributed by atoms with E-state index < -0.39 is 0 Å². The van der Waals surface area contributed by atoms with Crippen molar-refractivity contribution in [2.24, 2.45) is 17.3 Å². The average Bonchev–Trinajstić information content (AvgIpc) is 2.20. The molecule has 0 aromatic heterocycles. The Hall–Kier alpha value is -0.0400. The zero-order chi connectivity index (χ0) is 7.35. The minimum absolute atomic E-state index is 0.0220. The standard InChI is InChI=1S/C9H16O/c1-9(2)6-3-4-7(9)8(10)5-6/h6-8,10H,3-5H2,1-2H3/t6-,7+,8+/m0/s1. The third-order valence-corrected chi connectivity index (χ3v) is 3.82. The first-order chi connectivity index (χ1) is 4.62. The quantitative estimate of drug-likeness (QED) is 0.544. The SMILES string of the molecule is CC1(C)[C@H]2CC[C@@H]1[C@H](O)C2. The molecule has 0 aromatic carbocycles. The maximum atomic E-state index is 9.55. The van der Waals surface area contributed by atoms with Gasteiger partial charge < -0.3 is 5.11 Å². The fourth-order valence-electron chi connectivity index (χ4n) is 2.99. The van der Waals surface area contributed by atoms with Crippen LogP contribution in [0, 0.1) is 17.3 Å². The molecule has 1 N–H and O–H groups in total. The highest BCUT2D eigenvalue weighted by molar-refractivity contribution is 5.02. The minimum Gasteiger partial charge on any atom is -0.393 e. The molecule has 0 radical (unpaired) electrons. The van der Waals surface area contributed by atoms with Crippen molar-refractivity contribution in [1.82, 2.24) is 0 Å². The van der Waals surface area contributed by atoms with E-state index in [1.165, 1.54) is 12.8 Å². The summed E-state index contributed by atoms with van der Waals surface area (Å²) >= 11 is 0. The van der Waals surface area contributed by atoms with Gasteiger partial charge in [0.2, 0.25) is 0 Å². The van der Waals surface area contributed by atoms with Gasteiger partial charge in [0.05, 0.1) is 6.10 Å². The maximum Gasteiger partial charge on any atom is 0.0576 e. The summed E-state index contributed by atoms with van der Waals surface area (Å²) in [6, 6.07) is 0. The van der Waals surface area contributed by atoms with Gasteiger partial charge in [-0.1, -0.05) is 13.8 Å². The molecule has 1 nitrogen and oxygen atoms in total. The Labute approximate surface area is 62.4 Å². The molecule has 2 rings (SSSR count). The summed E-state index contributed by atoms with van der Waals surface area (Å²) in [4.78, 5) is 0. The lowest BCUT2D eigenvalue weighted by molar-refractivity contribution is 0.0949. The predicted octanol–water partition coefficient (Wildman–Crippen LogP) is 1.80. The molecule has 0 aliphatic heterocycles. The molecule has 0 unspecified atom stereocenters. The summed E-state index contributed by atoms with van der Waals surface area (Å²) in [5, 5.41) is 9.55. The number of aliphatic hydroxyl groups excluding tert-OH is 1. The molecule has 0 spiro atoms. The molecule has 3 atom stereocenters. The van der Waals surface area contributed by atoms with E-state index in [4.69, 9.17) is 0 Å². The van der Waals surface area contributed by atoms with Gasteiger partial charge in [-0.05, 0) is 36.5 Å². The van der Waals surface area contributed by atoms with Crippen molar-refractivity contribution in [1.29, 1.82) is 0 Å². The summed E-state index contributed by atoms with van der Waals surface area (Å²) in [6.45, 7) is 4.62. The zero-order valence-corrected chi connectivity index (χ0v) is 6.80. The van der Waals surface area contributed by atoms with Crippen LogP contribution in [0.1, 0.15) is 33.1 Å². The second-order valence-corrected chi connectivity index (χ2v) is 4.51. The second kappa shape index (κ2) is 1.76. The van der Waals surface area contributed by atoms with Crippen LogP contribution >= 0.6 is 0 Å². The summed E-state index contributed by atoms with van der Waals surface area (Å²) < 4.78 is 0. The van der Waals surface area contributed by atoms with Gasteiger partial charge >= 0.3 is 0 Å². The number of aliphatic hydroxyl groups is 1. The van der Waals surface area contributed by atoms with E-state index in [0.29, 0.717) is 11.3 Å². The van der Waals surface area contributed by atoms with Crippen molar-refractivity contribution in [3.05, 3.63) is 0 Å². The second-order valence-electron chi connectivity index (χ2n) is 4.51. The number of hydrogen-bond donors (Lipinski definition) is 1. The van der Waals surface area contributed by atoms with E-state index in [0.717, 1.165) is 12.3 Å². The fraction of sp³-hybridized carbons (Fsp3) is 1.00. The normalized spacial score (nSPS) is 50.1. The van der Waals surface area contributed by atoms with Crippen molar-refractivity contribution >= 4 is 0 Å². The molecule has 2 aliphatic rings. The Balaban J connectivity index is 2.27. The molecule has 2 bridgehead atoms. The number of hydrogen-bond acceptors (Lipinski definition) is 1. The molecule has 0 saturated heterocycles. The van der Waals surface area contributed by atoms with E-state index in [9.17, 15) is 5.11 Å². The summed E-state index contributed by atoms with van der Waals surface area (Å²) in [5.74, 6) is 1.42. The molecule has 2 saturated carbocycles. The molecule has 2 aliphatic carbocycles. The highest BCUT2D eigenvalue weighted by Crippen LogP contribution is 2.57. The molecule has 0 heterocycles. The van der Waals surface area contributed by atoms with Gasteiger partial charge in [0.1, 0.15) is 0 Å². The van der Waals surface area contributed by atoms with Gasteiger partial charge in [-0.25, -0.2) is 0 Å². The molecule has 10 heavy (non-hydrogen) atoms. The zero-order valence-electron chi connectivity index (χ0n) is 6.80. The Bertz CT molecular complexity index is 151. The van der Waals surface area contributed by atoms with Crippen LogP contribution in [0.5, 0.6) is 0 Å². The van der Waals surface area contributed by atoms with E-state index >= 15 is 0 Å². The van der Waals surface area contributed by atoms with Gasteiger partial charge in [0, 0.05) is 0 Å². The topological polar surface area (TPSA) is 20.2 Å². The summed E-state index contributed by atoms with van der Waals surface area (Å²) in [5.41, 5.74) is 0.444. The van der Waals surface area contributed by atoms with Gasteiger partial charge in [0.25, 0.3) is 0 Å². The molecule has 2 fully saturated rings. The Morgan fingerprint density at radius 2 is 2.00 bits per heavy atom. The van der Waals surface area contributed by atoms with Crippen LogP contribution in [0.15, 0.2) is 0 Å². The molecular weight excluding hydrogens is 124 g/mol. The Kier molecular flexibility index (Phi) is 1.17. The first kappa shape index (κ1) is 6.66. The van der Waals surface area contributed by atoms with Crippen LogP contribution in [-0.4, -0.2) is 11.2 Å². The third kappa shape index (κ3) is 0.619. The lowest BCUT2D eigenvalue weighted by atomic mass is 9.82. The highest BCUT2D eigenvalue weighted by Gasteiger charge is 2.52. The predicted molar refractivity (Wildman–Crippen MR) is 40.6 cm³/mol. The average molecular weight is 140 g/mol.